The summed E-state index contributed by atoms with van der Waals surface area (Å²) in [6, 6.07) is -0.165. The Morgan fingerprint density at radius 1 is 0.962 bits per heavy atom. The van der Waals surface area contributed by atoms with E-state index < -0.39 is 0 Å². The Hall–Kier alpha value is -0.650. The summed E-state index contributed by atoms with van der Waals surface area (Å²) in [6.45, 7) is 20.2. The van der Waals surface area contributed by atoms with E-state index >= 15 is 0 Å². The molecule has 0 saturated heterocycles. The van der Waals surface area contributed by atoms with Crippen molar-refractivity contribution in [2.45, 2.75) is 105 Å². The minimum absolute atomic E-state index is 0.0317. The lowest BCUT2D eigenvalue weighted by molar-refractivity contribution is -0.219. The molecule has 0 heterocycles. The molecule has 0 aliphatic heterocycles. The molecule has 2 N–H and O–H groups in total. The van der Waals surface area contributed by atoms with Gasteiger partial charge in [0.25, 0.3) is 0 Å². The van der Waals surface area contributed by atoms with Gasteiger partial charge in [-0.15, -0.1) is 0 Å². The summed E-state index contributed by atoms with van der Waals surface area (Å²) in [4.78, 5) is 12.0. The Bertz CT molecular complexity index is 470. The Kier molecular flexibility index (Phi) is 7.34. The SMILES string of the molecule is CC(=O)NC1C(OC(C)(C)C)C(OC(C)(C)C)C(CO)CC1C(C)(C)C. The number of carbonyl (C=O) groups excluding carboxylic acids is 1. The number of hydrogen-bond acceptors (Lipinski definition) is 4. The average molecular weight is 372 g/mol. The van der Waals surface area contributed by atoms with Crippen LogP contribution in [-0.2, 0) is 14.3 Å². The maximum atomic E-state index is 12.0. The number of ether oxygens (including phenoxy) is 2. The van der Waals surface area contributed by atoms with Crippen molar-refractivity contribution in [1.82, 2.24) is 5.32 Å². The highest BCUT2D eigenvalue weighted by atomic mass is 16.6. The Balaban J connectivity index is 3.39. The Morgan fingerprint density at radius 3 is 1.77 bits per heavy atom. The second-order valence-electron chi connectivity index (χ2n) is 10.8. The van der Waals surface area contributed by atoms with Crippen LogP contribution in [0, 0.1) is 17.3 Å². The molecule has 1 rings (SSSR count). The van der Waals surface area contributed by atoms with Gasteiger partial charge in [0.05, 0.1) is 23.3 Å². The van der Waals surface area contributed by atoms with Crippen molar-refractivity contribution in [3.05, 3.63) is 0 Å². The average Bonchev–Trinajstić information content (AvgIpc) is 2.37. The summed E-state index contributed by atoms with van der Waals surface area (Å²) in [7, 11) is 0. The molecule has 5 nitrogen and oxygen atoms in total. The first-order valence-electron chi connectivity index (χ1n) is 9.79. The fourth-order valence-electron chi connectivity index (χ4n) is 3.92. The minimum atomic E-state index is -0.388. The number of aliphatic hydroxyl groups excluding tert-OH is 1. The molecule has 5 atom stereocenters. The van der Waals surface area contributed by atoms with Gasteiger partial charge < -0.3 is 19.9 Å². The Morgan fingerprint density at radius 2 is 1.42 bits per heavy atom. The van der Waals surface area contributed by atoms with Gasteiger partial charge in [-0.05, 0) is 59.3 Å². The van der Waals surface area contributed by atoms with Gasteiger partial charge in [0.15, 0.2) is 0 Å². The normalized spacial score (nSPS) is 31.0. The highest BCUT2D eigenvalue weighted by Gasteiger charge is 2.51. The van der Waals surface area contributed by atoms with Crippen LogP contribution in [0.4, 0.5) is 0 Å². The predicted octanol–water partition coefficient (Wildman–Crippen LogP) is 3.53. The third kappa shape index (κ3) is 6.82. The highest BCUT2D eigenvalue weighted by molar-refractivity contribution is 5.73. The zero-order valence-corrected chi connectivity index (χ0v) is 18.5. The maximum Gasteiger partial charge on any atom is 0.217 e. The number of amides is 1. The van der Waals surface area contributed by atoms with Crippen LogP contribution in [0.3, 0.4) is 0 Å². The van der Waals surface area contributed by atoms with Crippen molar-refractivity contribution in [2.24, 2.45) is 17.3 Å². The summed E-state index contributed by atoms with van der Waals surface area (Å²) >= 11 is 0. The topological polar surface area (TPSA) is 67.8 Å². The summed E-state index contributed by atoms with van der Waals surface area (Å²) in [5.74, 6) is 0.0789. The maximum absolute atomic E-state index is 12.0. The fourth-order valence-corrected chi connectivity index (χ4v) is 3.92. The van der Waals surface area contributed by atoms with E-state index in [1.54, 1.807) is 6.92 Å². The number of rotatable bonds is 4. The number of nitrogens with one attached hydrogen (secondary N) is 1. The van der Waals surface area contributed by atoms with Crippen molar-refractivity contribution in [2.75, 3.05) is 6.61 Å². The number of hydrogen-bond donors (Lipinski definition) is 2. The molecule has 0 aromatic heterocycles. The van der Waals surface area contributed by atoms with Crippen LogP contribution < -0.4 is 5.32 Å². The van der Waals surface area contributed by atoms with Gasteiger partial charge >= 0.3 is 0 Å². The molecule has 0 aromatic carbocycles. The molecule has 26 heavy (non-hydrogen) atoms. The summed E-state index contributed by atoms with van der Waals surface area (Å²) < 4.78 is 12.8. The quantitative estimate of drug-likeness (QED) is 0.793. The largest absolute Gasteiger partial charge is 0.396 e. The van der Waals surface area contributed by atoms with Crippen LogP contribution in [-0.4, -0.2) is 47.1 Å². The second kappa shape index (κ2) is 8.15. The first-order valence-corrected chi connectivity index (χ1v) is 9.79. The first kappa shape index (κ1) is 23.4. The zero-order chi connectivity index (χ0) is 20.5. The van der Waals surface area contributed by atoms with Gasteiger partial charge in [-0.2, -0.15) is 0 Å². The molecular formula is C21H41NO4. The van der Waals surface area contributed by atoms with Crippen LogP contribution in [0.2, 0.25) is 0 Å². The molecule has 1 fully saturated rings. The van der Waals surface area contributed by atoms with Gasteiger partial charge in [0, 0.05) is 19.4 Å². The van der Waals surface area contributed by atoms with Crippen molar-refractivity contribution in [1.29, 1.82) is 0 Å². The molecule has 1 aliphatic rings. The standard InChI is InChI=1S/C21H41NO4/c1-13(24)22-16-15(19(2,3)4)11-14(12-23)17(25-20(5,6)7)18(16)26-21(8,9)10/h14-18,23H,11-12H2,1-10H3,(H,22,24). The predicted molar refractivity (Wildman–Crippen MR) is 105 cm³/mol. The molecule has 0 bridgehead atoms. The van der Waals surface area contributed by atoms with Gasteiger partial charge in [0.2, 0.25) is 5.91 Å². The van der Waals surface area contributed by atoms with Gasteiger partial charge in [-0.25, -0.2) is 0 Å². The van der Waals surface area contributed by atoms with Crippen LogP contribution in [0.25, 0.3) is 0 Å². The van der Waals surface area contributed by atoms with Crippen LogP contribution in [0.1, 0.15) is 75.7 Å². The molecule has 1 aliphatic carbocycles. The van der Waals surface area contributed by atoms with E-state index in [0.29, 0.717) is 0 Å². The molecule has 5 unspecified atom stereocenters. The minimum Gasteiger partial charge on any atom is -0.396 e. The monoisotopic (exact) mass is 371 g/mol. The summed E-state index contributed by atoms with van der Waals surface area (Å²) in [5.41, 5.74) is -0.791. The summed E-state index contributed by atoms with van der Waals surface area (Å²) in [5, 5.41) is 13.2. The molecule has 0 spiro atoms. The third-order valence-electron chi connectivity index (χ3n) is 4.83. The van der Waals surface area contributed by atoms with Crippen molar-refractivity contribution >= 4 is 5.91 Å². The van der Waals surface area contributed by atoms with E-state index in [2.05, 4.69) is 26.1 Å². The van der Waals surface area contributed by atoms with E-state index in [0.717, 1.165) is 6.42 Å². The van der Waals surface area contributed by atoms with Crippen LogP contribution in [0.15, 0.2) is 0 Å². The molecular weight excluding hydrogens is 330 g/mol. The molecule has 5 heteroatoms. The zero-order valence-electron chi connectivity index (χ0n) is 18.5. The lowest BCUT2D eigenvalue weighted by Gasteiger charge is -2.53. The summed E-state index contributed by atoms with van der Waals surface area (Å²) in [6.07, 6.45) is 0.179. The first-order chi connectivity index (χ1) is 11.5. The second-order valence-corrected chi connectivity index (χ2v) is 10.8. The van der Waals surface area contributed by atoms with Crippen LogP contribution in [0.5, 0.6) is 0 Å². The Labute approximate surface area is 160 Å². The van der Waals surface area contributed by atoms with Gasteiger partial charge in [0.1, 0.15) is 6.10 Å². The smallest absolute Gasteiger partial charge is 0.217 e. The van der Waals surface area contributed by atoms with E-state index in [1.165, 1.54) is 0 Å². The van der Waals surface area contributed by atoms with Crippen molar-refractivity contribution in [3.8, 4) is 0 Å². The van der Waals surface area contributed by atoms with Crippen molar-refractivity contribution in [3.63, 3.8) is 0 Å². The molecule has 1 saturated carbocycles. The number of aliphatic hydroxyl groups is 1. The van der Waals surface area contributed by atoms with Gasteiger partial charge in [-0.1, -0.05) is 20.8 Å². The van der Waals surface area contributed by atoms with E-state index in [9.17, 15) is 9.90 Å². The third-order valence-corrected chi connectivity index (χ3v) is 4.83. The lowest BCUT2D eigenvalue weighted by atomic mass is 9.64. The van der Waals surface area contributed by atoms with E-state index in [-0.39, 0.29) is 59.2 Å². The molecule has 154 valence electrons. The van der Waals surface area contributed by atoms with E-state index in [4.69, 9.17) is 9.47 Å². The molecule has 0 aromatic rings. The fraction of sp³-hybridized carbons (Fsp3) is 0.952. The highest BCUT2D eigenvalue weighted by Crippen LogP contribution is 2.44. The van der Waals surface area contributed by atoms with E-state index in [1.807, 2.05) is 41.5 Å². The molecule has 1 amide bonds. The lowest BCUT2D eigenvalue weighted by Crippen LogP contribution is -2.64. The van der Waals surface area contributed by atoms with Crippen LogP contribution >= 0.6 is 0 Å². The number of carbonyl (C=O) groups is 1. The van der Waals surface area contributed by atoms with Crippen molar-refractivity contribution < 1.29 is 19.4 Å². The van der Waals surface area contributed by atoms with Gasteiger partial charge in [-0.3, -0.25) is 4.79 Å². The molecule has 0 radical (unpaired) electrons.